The largest absolute Gasteiger partial charge is 0.497 e. The van der Waals surface area contributed by atoms with Crippen molar-refractivity contribution in [2.75, 3.05) is 20.0 Å². The maximum atomic E-state index is 6.77. The lowest BCUT2D eigenvalue weighted by atomic mass is 9.98. The summed E-state index contributed by atoms with van der Waals surface area (Å²) in [4.78, 5) is 0.932. The first kappa shape index (κ1) is 20.5. The molecular formula is C24H17Cl2NO2S2. The topological polar surface area (TPSA) is 44.5 Å². The molecule has 3 nitrogen and oxygen atoms in total. The Hall–Kier alpha value is -2.44. The Morgan fingerprint density at radius 1 is 0.774 bits per heavy atom. The first-order valence-corrected chi connectivity index (χ1v) is 11.8. The molecule has 0 aliphatic rings. The van der Waals surface area contributed by atoms with Crippen molar-refractivity contribution in [2.45, 2.75) is 0 Å². The zero-order chi connectivity index (χ0) is 21.7. The van der Waals surface area contributed by atoms with Gasteiger partial charge in [-0.2, -0.15) is 0 Å². The van der Waals surface area contributed by atoms with E-state index in [0.29, 0.717) is 15.0 Å². The number of thiophene rings is 2. The third kappa shape index (κ3) is 3.33. The average Bonchev–Trinajstić information content (AvgIpc) is 3.28. The van der Waals surface area contributed by atoms with Crippen LogP contribution >= 0.6 is 45.9 Å². The quantitative estimate of drug-likeness (QED) is 0.260. The second-order valence-corrected chi connectivity index (χ2v) is 10.1. The number of benzene rings is 3. The monoisotopic (exact) mass is 485 g/mol. The van der Waals surface area contributed by atoms with E-state index in [9.17, 15) is 0 Å². The molecule has 0 aliphatic heterocycles. The van der Waals surface area contributed by atoms with E-state index in [1.54, 1.807) is 25.6 Å². The van der Waals surface area contributed by atoms with Gasteiger partial charge in [0, 0.05) is 42.6 Å². The van der Waals surface area contributed by atoms with E-state index in [1.807, 2.05) is 54.6 Å². The van der Waals surface area contributed by atoms with Crippen LogP contribution in [0.1, 0.15) is 0 Å². The lowest BCUT2D eigenvalue weighted by molar-refractivity contribution is 0.415. The minimum Gasteiger partial charge on any atom is -0.497 e. The summed E-state index contributed by atoms with van der Waals surface area (Å²) in [6.07, 6.45) is 0. The van der Waals surface area contributed by atoms with Gasteiger partial charge >= 0.3 is 0 Å². The number of rotatable bonds is 4. The molecule has 0 saturated carbocycles. The van der Waals surface area contributed by atoms with Crippen LogP contribution in [0.25, 0.3) is 41.7 Å². The molecular weight excluding hydrogens is 469 g/mol. The van der Waals surface area contributed by atoms with Gasteiger partial charge in [0.05, 0.1) is 24.1 Å². The van der Waals surface area contributed by atoms with Gasteiger partial charge in [-0.15, -0.1) is 22.7 Å². The molecule has 0 amide bonds. The summed E-state index contributed by atoms with van der Waals surface area (Å²) in [6.45, 7) is 0. The van der Waals surface area contributed by atoms with E-state index < -0.39 is 0 Å². The molecule has 156 valence electrons. The highest BCUT2D eigenvalue weighted by atomic mass is 35.5. The van der Waals surface area contributed by atoms with Crippen molar-refractivity contribution in [1.82, 2.24) is 0 Å². The lowest BCUT2D eigenvalue weighted by Crippen LogP contribution is -1.93. The van der Waals surface area contributed by atoms with E-state index in [-0.39, 0.29) is 0 Å². The normalized spacial score (nSPS) is 11.4. The van der Waals surface area contributed by atoms with Crippen molar-refractivity contribution in [3.63, 3.8) is 0 Å². The van der Waals surface area contributed by atoms with Crippen molar-refractivity contribution in [3.8, 4) is 33.1 Å². The molecule has 31 heavy (non-hydrogen) atoms. The highest BCUT2D eigenvalue weighted by Crippen LogP contribution is 2.50. The van der Waals surface area contributed by atoms with Gasteiger partial charge in [0.25, 0.3) is 0 Å². The van der Waals surface area contributed by atoms with E-state index in [4.69, 9.17) is 38.4 Å². The molecule has 0 fully saturated rings. The van der Waals surface area contributed by atoms with Crippen molar-refractivity contribution < 1.29 is 9.47 Å². The fraction of sp³-hybridized carbons (Fsp3) is 0.0833. The number of hydrogen-bond donors (Lipinski definition) is 1. The molecule has 0 bridgehead atoms. The predicted molar refractivity (Wildman–Crippen MR) is 136 cm³/mol. The third-order valence-corrected chi connectivity index (χ3v) is 8.36. The Labute approximate surface area is 197 Å². The molecule has 5 aromatic rings. The first-order chi connectivity index (χ1) is 15.0. The minimum atomic E-state index is 0.653. The van der Waals surface area contributed by atoms with Gasteiger partial charge in [-0.1, -0.05) is 41.4 Å². The summed E-state index contributed by atoms with van der Waals surface area (Å²) in [7, 11) is 3.31. The number of hydrogen-bond acceptors (Lipinski definition) is 5. The van der Waals surface area contributed by atoms with Crippen molar-refractivity contribution in [1.29, 1.82) is 0 Å². The Morgan fingerprint density at radius 2 is 1.39 bits per heavy atom. The van der Waals surface area contributed by atoms with Crippen LogP contribution in [0.5, 0.6) is 11.5 Å². The van der Waals surface area contributed by atoms with Crippen molar-refractivity contribution >= 4 is 71.7 Å². The highest BCUT2D eigenvalue weighted by Gasteiger charge is 2.20. The summed E-state index contributed by atoms with van der Waals surface area (Å²) < 4.78 is 13.5. The standard InChI is InChI=1S/C24H17Cl2NO2S2/c1-28-12-6-8-14-18(10-12)31-24(26)20(14)16-4-3-5-17(22(16)27)23-21(25)15-9-7-13(29-2)11-19(15)30-23/h3-11H,27H2,1-2H3. The number of nitrogens with two attached hydrogens (primary N) is 1. The second kappa shape index (κ2) is 7.92. The van der Waals surface area contributed by atoms with E-state index >= 15 is 0 Å². The molecule has 0 unspecified atom stereocenters. The van der Waals surface area contributed by atoms with Gasteiger partial charge in [-0.25, -0.2) is 0 Å². The highest BCUT2D eigenvalue weighted by molar-refractivity contribution is 7.23. The Morgan fingerprint density at radius 3 is 2.06 bits per heavy atom. The number of para-hydroxylation sites is 1. The average molecular weight is 486 g/mol. The van der Waals surface area contributed by atoms with Crippen LogP contribution in [-0.2, 0) is 0 Å². The molecule has 5 rings (SSSR count). The van der Waals surface area contributed by atoms with Crippen LogP contribution in [0.15, 0.2) is 54.6 Å². The smallest absolute Gasteiger partial charge is 0.120 e. The summed E-state index contributed by atoms with van der Waals surface area (Å²) >= 11 is 16.6. The Bertz CT molecular complexity index is 1460. The number of methoxy groups -OCH3 is 2. The summed E-state index contributed by atoms with van der Waals surface area (Å²) in [5.74, 6) is 1.59. The SMILES string of the molecule is COc1ccc2c(Cl)c(-c3cccc(-c4c(Cl)sc5cc(OC)ccc45)c3N)sc2c1. The number of fused-ring (bicyclic) bond motifs is 2. The van der Waals surface area contributed by atoms with Gasteiger partial charge in [0.15, 0.2) is 0 Å². The second-order valence-electron chi connectivity index (χ2n) is 6.99. The minimum absolute atomic E-state index is 0.653. The molecule has 0 aliphatic carbocycles. The molecule has 0 radical (unpaired) electrons. The van der Waals surface area contributed by atoms with Gasteiger partial charge in [-0.3, -0.25) is 0 Å². The maximum absolute atomic E-state index is 6.77. The molecule has 0 atom stereocenters. The fourth-order valence-corrected chi connectivity index (χ4v) is 6.78. The molecule has 2 N–H and O–H groups in total. The third-order valence-electron chi connectivity index (χ3n) is 5.31. The summed E-state index contributed by atoms with van der Waals surface area (Å²) in [5, 5.41) is 2.72. The van der Waals surface area contributed by atoms with Crippen LogP contribution in [0, 0.1) is 0 Å². The van der Waals surface area contributed by atoms with Crippen LogP contribution in [0.4, 0.5) is 5.69 Å². The Kier molecular flexibility index (Phi) is 5.22. The predicted octanol–water partition coefficient (Wildman–Crippen LogP) is 8.36. The number of nitrogen functional groups attached to an aromatic ring is 1. The molecule has 0 spiro atoms. The van der Waals surface area contributed by atoms with Crippen molar-refractivity contribution in [2.24, 2.45) is 0 Å². The zero-order valence-corrected chi connectivity index (χ0v) is 19.8. The number of anilines is 1. The van der Waals surface area contributed by atoms with E-state index in [1.165, 1.54) is 11.3 Å². The molecule has 2 aromatic heterocycles. The van der Waals surface area contributed by atoms with Gasteiger partial charge in [0.2, 0.25) is 0 Å². The molecule has 2 heterocycles. The van der Waals surface area contributed by atoms with E-state index in [2.05, 4.69) is 0 Å². The number of ether oxygens (including phenoxy) is 2. The van der Waals surface area contributed by atoms with Gasteiger partial charge < -0.3 is 15.2 Å². The molecule has 3 aromatic carbocycles. The number of halogens is 2. The van der Waals surface area contributed by atoms with Crippen LogP contribution in [-0.4, -0.2) is 14.2 Å². The zero-order valence-electron chi connectivity index (χ0n) is 16.7. The fourth-order valence-electron chi connectivity index (χ4n) is 3.75. The van der Waals surface area contributed by atoms with Crippen LogP contribution < -0.4 is 15.2 Å². The summed E-state index contributed by atoms with van der Waals surface area (Å²) in [5.41, 5.74) is 10.1. The van der Waals surface area contributed by atoms with Gasteiger partial charge in [-0.05, 0) is 36.4 Å². The maximum Gasteiger partial charge on any atom is 0.120 e. The first-order valence-electron chi connectivity index (χ1n) is 9.43. The van der Waals surface area contributed by atoms with Crippen LogP contribution in [0.3, 0.4) is 0 Å². The molecule has 0 saturated heterocycles. The van der Waals surface area contributed by atoms with Crippen LogP contribution in [0.2, 0.25) is 9.36 Å². The lowest BCUT2D eigenvalue weighted by Gasteiger charge is -2.11. The van der Waals surface area contributed by atoms with Crippen molar-refractivity contribution in [3.05, 3.63) is 64.0 Å². The van der Waals surface area contributed by atoms with E-state index in [0.717, 1.165) is 53.2 Å². The molecule has 7 heteroatoms. The van der Waals surface area contributed by atoms with Gasteiger partial charge in [0.1, 0.15) is 15.8 Å². The summed E-state index contributed by atoms with van der Waals surface area (Å²) in [6, 6.07) is 17.8. The Balaban J connectivity index is 1.71.